The molecule has 0 aliphatic carbocycles. The lowest BCUT2D eigenvalue weighted by molar-refractivity contribution is 0.103. The lowest BCUT2D eigenvalue weighted by atomic mass is 10.0. The summed E-state index contributed by atoms with van der Waals surface area (Å²) in [5, 5.41) is 0.0974. The monoisotopic (exact) mass is 301 g/mol. The molecule has 6 heteroatoms. The van der Waals surface area contributed by atoms with Crippen LogP contribution in [0.2, 0.25) is 10.0 Å². The Morgan fingerprint density at radius 2 is 1.53 bits per heavy atom. The number of anilines is 1. The number of hydrogen-bond donors (Lipinski definition) is 1. The number of nitrogens with two attached hydrogens (primary N) is 1. The van der Waals surface area contributed by atoms with Gasteiger partial charge in [-0.2, -0.15) is 0 Å². The Morgan fingerprint density at radius 3 is 2.00 bits per heavy atom. The molecule has 0 saturated carbocycles. The summed E-state index contributed by atoms with van der Waals surface area (Å²) < 4.78 is 27.0. The van der Waals surface area contributed by atoms with Crippen molar-refractivity contribution in [2.24, 2.45) is 0 Å². The highest BCUT2D eigenvalue weighted by atomic mass is 35.5. The van der Waals surface area contributed by atoms with E-state index in [0.29, 0.717) is 0 Å². The standard InChI is InChI=1S/C13H7Cl2F2NO/c14-7-4-6(5-8(15)12(7)18)13(19)11-9(16)2-1-3-10(11)17/h1-5H,18H2. The van der Waals surface area contributed by atoms with Gasteiger partial charge in [0, 0.05) is 5.56 Å². The average Bonchev–Trinajstić information content (AvgIpc) is 2.35. The summed E-state index contributed by atoms with van der Waals surface area (Å²) in [7, 11) is 0. The van der Waals surface area contributed by atoms with E-state index in [4.69, 9.17) is 28.9 Å². The maximum Gasteiger partial charge on any atom is 0.199 e. The Kier molecular flexibility index (Phi) is 3.73. The van der Waals surface area contributed by atoms with E-state index in [1.54, 1.807) is 0 Å². The van der Waals surface area contributed by atoms with E-state index in [-0.39, 0.29) is 21.3 Å². The molecule has 0 aliphatic heterocycles. The zero-order valence-electron chi connectivity index (χ0n) is 9.38. The zero-order chi connectivity index (χ0) is 14.2. The van der Waals surface area contributed by atoms with Gasteiger partial charge in [0.05, 0.1) is 21.3 Å². The van der Waals surface area contributed by atoms with Crippen LogP contribution in [0.1, 0.15) is 15.9 Å². The fourth-order valence-corrected chi connectivity index (χ4v) is 2.06. The second-order valence-electron chi connectivity index (χ2n) is 3.78. The summed E-state index contributed by atoms with van der Waals surface area (Å²) in [4.78, 5) is 12.1. The molecular formula is C13H7Cl2F2NO. The molecular weight excluding hydrogens is 295 g/mol. The van der Waals surface area contributed by atoms with Gasteiger partial charge in [-0.3, -0.25) is 4.79 Å². The Hall–Kier alpha value is -1.65. The van der Waals surface area contributed by atoms with Crippen LogP contribution in [0.25, 0.3) is 0 Å². The largest absolute Gasteiger partial charge is 0.396 e. The molecule has 0 amide bonds. The molecule has 19 heavy (non-hydrogen) atoms. The van der Waals surface area contributed by atoms with Gasteiger partial charge in [0.1, 0.15) is 11.6 Å². The summed E-state index contributed by atoms with van der Waals surface area (Å²) in [6.45, 7) is 0. The molecule has 0 bridgehead atoms. The summed E-state index contributed by atoms with van der Waals surface area (Å²) in [6.07, 6.45) is 0. The molecule has 0 heterocycles. The van der Waals surface area contributed by atoms with Crippen LogP contribution < -0.4 is 5.73 Å². The van der Waals surface area contributed by atoms with Crippen LogP contribution in [0.4, 0.5) is 14.5 Å². The van der Waals surface area contributed by atoms with Crippen molar-refractivity contribution in [1.82, 2.24) is 0 Å². The first kappa shape index (κ1) is 13.8. The van der Waals surface area contributed by atoms with Crippen LogP contribution in [-0.2, 0) is 0 Å². The van der Waals surface area contributed by atoms with E-state index < -0.39 is 23.0 Å². The van der Waals surface area contributed by atoms with Crippen molar-refractivity contribution in [1.29, 1.82) is 0 Å². The van der Waals surface area contributed by atoms with Gasteiger partial charge in [-0.15, -0.1) is 0 Å². The van der Waals surface area contributed by atoms with Crippen molar-refractivity contribution >= 4 is 34.7 Å². The van der Waals surface area contributed by atoms with Gasteiger partial charge < -0.3 is 5.73 Å². The van der Waals surface area contributed by atoms with Crippen LogP contribution in [0, 0.1) is 11.6 Å². The summed E-state index contributed by atoms with van der Waals surface area (Å²) in [5.41, 5.74) is 4.94. The number of carbonyl (C=O) groups is 1. The minimum atomic E-state index is -0.950. The number of ketones is 1. The third-order valence-electron chi connectivity index (χ3n) is 2.53. The van der Waals surface area contributed by atoms with Crippen molar-refractivity contribution in [3.63, 3.8) is 0 Å². The molecule has 0 aromatic heterocycles. The van der Waals surface area contributed by atoms with Crippen molar-refractivity contribution in [2.45, 2.75) is 0 Å². The van der Waals surface area contributed by atoms with Crippen molar-refractivity contribution < 1.29 is 13.6 Å². The molecule has 98 valence electrons. The van der Waals surface area contributed by atoms with Crippen LogP contribution in [-0.4, -0.2) is 5.78 Å². The summed E-state index contributed by atoms with van der Waals surface area (Å²) in [6, 6.07) is 5.60. The first-order valence-electron chi connectivity index (χ1n) is 5.15. The third-order valence-corrected chi connectivity index (χ3v) is 3.16. The molecule has 2 aromatic rings. The maximum absolute atomic E-state index is 13.5. The fraction of sp³-hybridized carbons (Fsp3) is 0. The van der Waals surface area contributed by atoms with Crippen LogP contribution in [0.5, 0.6) is 0 Å². The van der Waals surface area contributed by atoms with Crippen molar-refractivity contribution in [3.8, 4) is 0 Å². The normalized spacial score (nSPS) is 10.5. The van der Waals surface area contributed by atoms with Gasteiger partial charge in [0.2, 0.25) is 0 Å². The van der Waals surface area contributed by atoms with Gasteiger partial charge in [-0.1, -0.05) is 29.3 Å². The number of rotatable bonds is 2. The second kappa shape index (κ2) is 5.15. The summed E-state index contributed by atoms with van der Waals surface area (Å²) in [5.74, 6) is -2.75. The highest BCUT2D eigenvalue weighted by Gasteiger charge is 2.20. The van der Waals surface area contributed by atoms with Crippen LogP contribution >= 0.6 is 23.2 Å². The number of benzene rings is 2. The van der Waals surface area contributed by atoms with Crippen molar-refractivity contribution in [2.75, 3.05) is 5.73 Å². The molecule has 0 saturated heterocycles. The average molecular weight is 302 g/mol. The number of carbonyl (C=O) groups excluding carboxylic acids is 1. The second-order valence-corrected chi connectivity index (χ2v) is 4.59. The van der Waals surface area contributed by atoms with Gasteiger partial charge in [-0.25, -0.2) is 8.78 Å². The van der Waals surface area contributed by atoms with Gasteiger partial charge >= 0.3 is 0 Å². The predicted molar refractivity (Wildman–Crippen MR) is 70.7 cm³/mol. The quantitative estimate of drug-likeness (QED) is 0.671. The van der Waals surface area contributed by atoms with Gasteiger partial charge in [-0.05, 0) is 24.3 Å². The molecule has 2 N–H and O–H groups in total. The molecule has 0 spiro atoms. The highest BCUT2D eigenvalue weighted by molar-refractivity contribution is 6.39. The number of hydrogen-bond acceptors (Lipinski definition) is 2. The molecule has 0 aliphatic rings. The molecule has 0 atom stereocenters. The van der Waals surface area contributed by atoms with Crippen LogP contribution in [0.3, 0.4) is 0 Å². The topological polar surface area (TPSA) is 43.1 Å². The SMILES string of the molecule is Nc1c(Cl)cc(C(=O)c2c(F)cccc2F)cc1Cl. The fourth-order valence-electron chi connectivity index (χ4n) is 1.57. The Labute approximate surface area is 117 Å². The van der Waals surface area contributed by atoms with E-state index in [1.807, 2.05) is 0 Å². The van der Waals surface area contributed by atoms with E-state index in [2.05, 4.69) is 0 Å². The summed E-state index contributed by atoms with van der Waals surface area (Å²) >= 11 is 11.6. The molecule has 0 radical (unpaired) electrons. The Balaban J connectivity index is 2.57. The minimum Gasteiger partial charge on any atom is -0.396 e. The van der Waals surface area contributed by atoms with E-state index in [0.717, 1.165) is 12.1 Å². The molecule has 0 fully saturated rings. The van der Waals surface area contributed by atoms with Crippen molar-refractivity contribution in [3.05, 3.63) is 63.1 Å². The Bertz CT molecular complexity index is 630. The number of halogens is 4. The predicted octanol–water partition coefficient (Wildman–Crippen LogP) is 4.08. The number of nitrogen functional groups attached to an aromatic ring is 1. The lowest BCUT2D eigenvalue weighted by Crippen LogP contribution is -2.08. The molecule has 2 aromatic carbocycles. The maximum atomic E-state index is 13.5. The first-order valence-corrected chi connectivity index (χ1v) is 5.90. The smallest absolute Gasteiger partial charge is 0.199 e. The van der Waals surface area contributed by atoms with Crippen LogP contribution in [0.15, 0.2) is 30.3 Å². The molecule has 2 nitrogen and oxygen atoms in total. The minimum absolute atomic E-state index is 0.0341. The van der Waals surface area contributed by atoms with Gasteiger partial charge in [0.15, 0.2) is 5.78 Å². The van der Waals surface area contributed by atoms with E-state index in [9.17, 15) is 13.6 Å². The van der Waals surface area contributed by atoms with E-state index in [1.165, 1.54) is 18.2 Å². The molecule has 2 rings (SSSR count). The first-order chi connectivity index (χ1) is 8.91. The lowest BCUT2D eigenvalue weighted by Gasteiger charge is -2.07. The highest BCUT2D eigenvalue weighted by Crippen LogP contribution is 2.30. The Morgan fingerprint density at radius 1 is 1.05 bits per heavy atom. The van der Waals surface area contributed by atoms with Gasteiger partial charge in [0.25, 0.3) is 0 Å². The molecule has 0 unspecified atom stereocenters. The zero-order valence-corrected chi connectivity index (χ0v) is 10.9. The third kappa shape index (κ3) is 2.55. The van der Waals surface area contributed by atoms with E-state index >= 15 is 0 Å².